The summed E-state index contributed by atoms with van der Waals surface area (Å²) in [6, 6.07) is 4.13. The molecule has 20 heavy (non-hydrogen) atoms. The second-order valence-corrected chi connectivity index (χ2v) is 4.86. The molecule has 0 radical (unpaired) electrons. The van der Waals surface area contributed by atoms with Crippen LogP contribution >= 0.6 is 0 Å². The van der Waals surface area contributed by atoms with Gasteiger partial charge in [-0.2, -0.15) is 0 Å². The standard InChI is InChI=1S/C14H20N2O4/c1-17-12-6-10(7-13-14(12)20-9-19-13)11(8-15)16-2-4-18-5-3-16/h6-7,11H,2-5,8-9,15H2,1H3. The number of hydrogen-bond donors (Lipinski definition) is 1. The molecule has 110 valence electrons. The van der Waals surface area contributed by atoms with Crippen LogP contribution < -0.4 is 19.9 Å². The van der Waals surface area contributed by atoms with Crippen LogP contribution in [-0.4, -0.2) is 51.7 Å². The van der Waals surface area contributed by atoms with E-state index in [2.05, 4.69) is 4.90 Å². The average Bonchev–Trinajstić information content (AvgIpc) is 2.97. The molecule has 1 aromatic rings. The minimum atomic E-state index is 0.141. The number of methoxy groups -OCH3 is 1. The molecule has 2 heterocycles. The molecule has 0 aromatic heterocycles. The van der Waals surface area contributed by atoms with Gasteiger partial charge in [-0.3, -0.25) is 4.90 Å². The van der Waals surface area contributed by atoms with E-state index in [4.69, 9.17) is 24.7 Å². The maximum absolute atomic E-state index is 5.98. The minimum absolute atomic E-state index is 0.141. The predicted molar refractivity (Wildman–Crippen MR) is 73.3 cm³/mol. The fourth-order valence-electron chi connectivity index (χ4n) is 2.73. The molecular formula is C14H20N2O4. The smallest absolute Gasteiger partial charge is 0.231 e. The first-order chi connectivity index (χ1) is 9.83. The fraction of sp³-hybridized carbons (Fsp3) is 0.571. The van der Waals surface area contributed by atoms with Gasteiger partial charge in [-0.05, 0) is 17.7 Å². The van der Waals surface area contributed by atoms with Gasteiger partial charge in [0.25, 0.3) is 0 Å². The molecule has 3 rings (SSSR count). The molecule has 0 spiro atoms. The first-order valence-electron chi connectivity index (χ1n) is 6.83. The summed E-state index contributed by atoms with van der Waals surface area (Å²) in [5.74, 6) is 2.10. The Morgan fingerprint density at radius 3 is 2.80 bits per heavy atom. The van der Waals surface area contributed by atoms with Gasteiger partial charge in [0.1, 0.15) is 0 Å². The number of nitrogens with two attached hydrogens (primary N) is 1. The molecule has 0 bridgehead atoms. The Hall–Kier alpha value is -1.50. The number of rotatable bonds is 4. The van der Waals surface area contributed by atoms with Gasteiger partial charge in [-0.1, -0.05) is 0 Å². The van der Waals surface area contributed by atoms with Crippen LogP contribution in [0.25, 0.3) is 0 Å². The molecule has 0 saturated carbocycles. The molecule has 6 heteroatoms. The van der Waals surface area contributed by atoms with Crippen LogP contribution in [0.2, 0.25) is 0 Å². The molecule has 1 fully saturated rings. The molecule has 2 N–H and O–H groups in total. The second kappa shape index (κ2) is 5.87. The largest absolute Gasteiger partial charge is 0.493 e. The van der Waals surface area contributed by atoms with Gasteiger partial charge in [0.15, 0.2) is 11.5 Å². The maximum atomic E-state index is 5.98. The molecular weight excluding hydrogens is 260 g/mol. The van der Waals surface area contributed by atoms with Crippen molar-refractivity contribution in [3.63, 3.8) is 0 Å². The number of nitrogens with zero attached hydrogens (tertiary/aromatic N) is 1. The van der Waals surface area contributed by atoms with E-state index in [0.29, 0.717) is 18.0 Å². The van der Waals surface area contributed by atoms with Crippen LogP contribution in [0.15, 0.2) is 12.1 Å². The highest BCUT2D eigenvalue weighted by atomic mass is 16.7. The first kappa shape index (κ1) is 13.5. The second-order valence-electron chi connectivity index (χ2n) is 4.86. The Morgan fingerprint density at radius 1 is 1.30 bits per heavy atom. The zero-order valence-electron chi connectivity index (χ0n) is 11.6. The van der Waals surface area contributed by atoms with Gasteiger partial charge < -0.3 is 24.7 Å². The van der Waals surface area contributed by atoms with Crippen molar-refractivity contribution in [2.24, 2.45) is 5.73 Å². The van der Waals surface area contributed by atoms with Gasteiger partial charge in [-0.25, -0.2) is 0 Å². The third-order valence-corrected chi connectivity index (χ3v) is 3.78. The van der Waals surface area contributed by atoms with E-state index in [1.54, 1.807) is 7.11 Å². The molecule has 1 atom stereocenters. The molecule has 0 aliphatic carbocycles. The van der Waals surface area contributed by atoms with Gasteiger partial charge in [-0.15, -0.1) is 0 Å². The van der Waals surface area contributed by atoms with Crippen LogP contribution in [0.1, 0.15) is 11.6 Å². The topological polar surface area (TPSA) is 66.2 Å². The van der Waals surface area contributed by atoms with Gasteiger partial charge >= 0.3 is 0 Å². The molecule has 2 aliphatic rings. The molecule has 6 nitrogen and oxygen atoms in total. The highest BCUT2D eigenvalue weighted by molar-refractivity contribution is 5.55. The fourth-order valence-corrected chi connectivity index (χ4v) is 2.73. The summed E-state index contributed by atoms with van der Waals surface area (Å²) in [4.78, 5) is 2.33. The van der Waals surface area contributed by atoms with Crippen molar-refractivity contribution < 1.29 is 18.9 Å². The summed E-state index contributed by atoms with van der Waals surface area (Å²) < 4.78 is 21.7. The maximum Gasteiger partial charge on any atom is 0.231 e. The number of ether oxygens (including phenoxy) is 4. The number of fused-ring (bicyclic) bond motifs is 1. The van der Waals surface area contributed by atoms with Crippen molar-refractivity contribution in [1.82, 2.24) is 4.90 Å². The molecule has 2 aliphatic heterocycles. The quantitative estimate of drug-likeness (QED) is 0.878. The lowest BCUT2D eigenvalue weighted by Gasteiger charge is -2.34. The van der Waals surface area contributed by atoms with E-state index in [9.17, 15) is 0 Å². The van der Waals surface area contributed by atoms with Crippen molar-refractivity contribution in [2.45, 2.75) is 6.04 Å². The van der Waals surface area contributed by atoms with E-state index >= 15 is 0 Å². The Labute approximate surface area is 118 Å². The van der Waals surface area contributed by atoms with E-state index in [1.807, 2.05) is 12.1 Å². The van der Waals surface area contributed by atoms with Crippen LogP contribution in [0, 0.1) is 0 Å². The normalized spacial score (nSPS) is 19.9. The lowest BCUT2D eigenvalue weighted by Crippen LogP contribution is -2.41. The van der Waals surface area contributed by atoms with Crippen LogP contribution in [0.3, 0.4) is 0 Å². The predicted octanol–water partition coefficient (Wildman–Crippen LogP) is 0.756. The van der Waals surface area contributed by atoms with Gasteiger partial charge in [0.2, 0.25) is 12.5 Å². The number of hydrogen-bond acceptors (Lipinski definition) is 6. The summed E-state index contributed by atoms with van der Waals surface area (Å²) in [6.45, 7) is 4.05. The van der Waals surface area contributed by atoms with Crippen LogP contribution in [0.4, 0.5) is 0 Å². The van der Waals surface area contributed by atoms with Crippen molar-refractivity contribution in [3.8, 4) is 17.2 Å². The lowest BCUT2D eigenvalue weighted by atomic mass is 10.0. The van der Waals surface area contributed by atoms with E-state index < -0.39 is 0 Å². The molecule has 1 saturated heterocycles. The minimum Gasteiger partial charge on any atom is -0.493 e. The Morgan fingerprint density at radius 2 is 2.10 bits per heavy atom. The summed E-state index contributed by atoms with van der Waals surface area (Å²) in [7, 11) is 1.63. The highest BCUT2D eigenvalue weighted by Gasteiger charge is 2.26. The van der Waals surface area contributed by atoms with Crippen LogP contribution in [-0.2, 0) is 4.74 Å². The third-order valence-electron chi connectivity index (χ3n) is 3.78. The average molecular weight is 280 g/mol. The van der Waals surface area contributed by atoms with Crippen molar-refractivity contribution in [2.75, 3.05) is 46.8 Å². The monoisotopic (exact) mass is 280 g/mol. The Kier molecular flexibility index (Phi) is 3.95. The van der Waals surface area contributed by atoms with E-state index in [0.717, 1.165) is 37.6 Å². The van der Waals surface area contributed by atoms with Gasteiger partial charge in [0, 0.05) is 25.7 Å². The van der Waals surface area contributed by atoms with Crippen molar-refractivity contribution in [1.29, 1.82) is 0 Å². The zero-order chi connectivity index (χ0) is 13.9. The summed E-state index contributed by atoms with van der Waals surface area (Å²) in [6.07, 6.45) is 0. The van der Waals surface area contributed by atoms with Crippen LogP contribution in [0.5, 0.6) is 17.2 Å². The summed E-state index contributed by atoms with van der Waals surface area (Å²) >= 11 is 0. The van der Waals surface area contributed by atoms with E-state index in [1.165, 1.54) is 0 Å². The zero-order valence-corrected chi connectivity index (χ0v) is 11.6. The highest BCUT2D eigenvalue weighted by Crippen LogP contribution is 2.43. The summed E-state index contributed by atoms with van der Waals surface area (Å²) in [5, 5.41) is 0. The molecule has 1 unspecified atom stereocenters. The number of benzene rings is 1. The van der Waals surface area contributed by atoms with E-state index in [-0.39, 0.29) is 12.8 Å². The first-order valence-corrected chi connectivity index (χ1v) is 6.83. The lowest BCUT2D eigenvalue weighted by molar-refractivity contribution is 0.0178. The Balaban J connectivity index is 1.91. The molecule has 0 amide bonds. The molecule has 1 aromatic carbocycles. The van der Waals surface area contributed by atoms with Crippen molar-refractivity contribution >= 4 is 0 Å². The summed E-state index contributed by atoms with van der Waals surface area (Å²) in [5.41, 5.74) is 7.07. The Bertz CT molecular complexity index is 474. The SMILES string of the molecule is COc1cc(C(CN)N2CCOCC2)cc2c1OCO2. The third kappa shape index (κ3) is 2.42. The van der Waals surface area contributed by atoms with Crippen molar-refractivity contribution in [3.05, 3.63) is 17.7 Å². The number of morpholine rings is 1. The van der Waals surface area contributed by atoms with Gasteiger partial charge in [0.05, 0.1) is 20.3 Å².